The van der Waals surface area contributed by atoms with E-state index in [1.807, 2.05) is 48.2 Å². The summed E-state index contributed by atoms with van der Waals surface area (Å²) < 4.78 is 18.1. The van der Waals surface area contributed by atoms with Gasteiger partial charge in [0.1, 0.15) is 6.61 Å². The minimum Gasteiger partial charge on any atom is -0.493 e. The van der Waals surface area contributed by atoms with E-state index < -0.39 is 11.5 Å². The Morgan fingerprint density at radius 2 is 1.68 bits per heavy atom. The number of aliphatic hydroxyl groups is 1. The molecule has 1 aliphatic heterocycles. The van der Waals surface area contributed by atoms with Crippen LogP contribution in [-0.2, 0) is 16.1 Å². The maximum Gasteiger partial charge on any atom is 0.248 e. The van der Waals surface area contributed by atoms with Crippen molar-refractivity contribution in [3.8, 4) is 11.5 Å². The molecule has 3 atom stereocenters. The second-order valence-corrected chi connectivity index (χ2v) is 13.0. The number of hydrogen-bond acceptors (Lipinski definition) is 5. The van der Waals surface area contributed by atoms with Gasteiger partial charge in [-0.1, -0.05) is 75.4 Å². The number of rotatable bonds is 10. The van der Waals surface area contributed by atoms with Crippen LogP contribution in [0.25, 0.3) is 0 Å². The summed E-state index contributed by atoms with van der Waals surface area (Å²) in [5, 5.41) is 10.9. The van der Waals surface area contributed by atoms with Gasteiger partial charge in [-0.3, -0.25) is 4.79 Å². The molecule has 2 aromatic carbocycles. The summed E-state index contributed by atoms with van der Waals surface area (Å²) in [6.07, 6.45) is 11.3. The normalized spacial score (nSPS) is 27.9. The first kappa shape index (κ1) is 29.9. The van der Waals surface area contributed by atoms with Crippen LogP contribution in [0.15, 0.2) is 48.5 Å². The molecule has 3 fully saturated rings. The lowest BCUT2D eigenvalue weighted by molar-refractivity contribution is -0.136. The van der Waals surface area contributed by atoms with Crippen LogP contribution in [0.1, 0.15) is 88.7 Å². The molecule has 3 aliphatic rings. The van der Waals surface area contributed by atoms with Gasteiger partial charge in [0.25, 0.3) is 0 Å². The fourth-order valence-corrected chi connectivity index (χ4v) is 7.50. The number of hydrogen-bond donors (Lipinski definition) is 1. The lowest BCUT2D eigenvalue weighted by Gasteiger charge is -2.36. The number of carbonyl (C=O) groups excluding carboxylic acids is 1. The molecule has 1 heterocycles. The van der Waals surface area contributed by atoms with Crippen LogP contribution in [0.5, 0.6) is 11.5 Å². The van der Waals surface area contributed by atoms with Crippen LogP contribution in [0.3, 0.4) is 0 Å². The zero-order valence-electron chi connectivity index (χ0n) is 25.2. The molecule has 2 saturated carbocycles. The average Bonchev–Trinajstić information content (AvgIpc) is 3.37. The van der Waals surface area contributed by atoms with Crippen molar-refractivity contribution >= 4 is 5.91 Å². The van der Waals surface area contributed by atoms with Gasteiger partial charge in [-0.2, -0.15) is 0 Å². The van der Waals surface area contributed by atoms with Crippen molar-refractivity contribution in [2.75, 3.05) is 26.8 Å². The number of ether oxygens (including phenoxy) is 3. The molecule has 2 aliphatic carbocycles. The minimum atomic E-state index is -0.586. The van der Waals surface area contributed by atoms with Gasteiger partial charge in [-0.05, 0) is 67.7 Å². The summed E-state index contributed by atoms with van der Waals surface area (Å²) in [5.41, 5.74) is 1.63. The van der Waals surface area contributed by atoms with E-state index in [9.17, 15) is 9.90 Å². The predicted octanol–water partition coefficient (Wildman–Crippen LogP) is 6.74. The van der Waals surface area contributed by atoms with Crippen LogP contribution in [-0.4, -0.2) is 54.9 Å². The van der Waals surface area contributed by atoms with Gasteiger partial charge < -0.3 is 24.2 Å². The number of carbonyl (C=O) groups is 1. The fraction of sp³-hybridized carbons (Fsp3) is 0.629. The Hall–Kier alpha value is -2.57. The molecular weight excluding hydrogens is 514 g/mol. The van der Waals surface area contributed by atoms with Crippen LogP contribution in [0.4, 0.5) is 0 Å². The van der Waals surface area contributed by atoms with Gasteiger partial charge >= 0.3 is 0 Å². The lowest BCUT2D eigenvalue weighted by Crippen LogP contribution is -2.38. The molecule has 2 aromatic rings. The number of amides is 1. The molecule has 0 radical (unpaired) electrons. The Bertz CT molecular complexity index is 1120. The molecule has 41 heavy (non-hydrogen) atoms. The summed E-state index contributed by atoms with van der Waals surface area (Å²) in [5.74, 6) is 3.20. The topological polar surface area (TPSA) is 68.2 Å². The van der Waals surface area contributed by atoms with Crippen LogP contribution >= 0.6 is 0 Å². The number of benzene rings is 2. The third-order valence-corrected chi connectivity index (χ3v) is 10.3. The number of methoxy groups -OCH3 is 1. The molecule has 1 amide bonds. The summed E-state index contributed by atoms with van der Waals surface area (Å²) in [4.78, 5) is 15.0. The number of nitrogens with zero attached hydrogens (tertiary/aromatic N) is 1. The number of aliphatic hydroxyl groups excluding tert-OH is 1. The maximum absolute atomic E-state index is 13.2. The van der Waals surface area contributed by atoms with Crippen molar-refractivity contribution in [1.82, 2.24) is 4.90 Å². The molecule has 6 nitrogen and oxygen atoms in total. The van der Waals surface area contributed by atoms with E-state index in [1.165, 1.54) is 44.9 Å². The highest BCUT2D eigenvalue weighted by molar-refractivity contribution is 5.78. The molecule has 5 rings (SSSR count). The van der Waals surface area contributed by atoms with Gasteiger partial charge in [0.2, 0.25) is 5.91 Å². The van der Waals surface area contributed by atoms with Crippen molar-refractivity contribution in [3.05, 3.63) is 59.7 Å². The van der Waals surface area contributed by atoms with E-state index in [0.717, 1.165) is 47.3 Å². The van der Waals surface area contributed by atoms with E-state index in [4.69, 9.17) is 14.2 Å². The largest absolute Gasteiger partial charge is 0.493 e. The molecular formula is C35H49NO5. The highest BCUT2D eigenvalue weighted by Crippen LogP contribution is 2.47. The van der Waals surface area contributed by atoms with Gasteiger partial charge in [0.05, 0.1) is 25.9 Å². The summed E-state index contributed by atoms with van der Waals surface area (Å²) in [6.45, 7) is 5.36. The van der Waals surface area contributed by atoms with Crippen LogP contribution < -0.4 is 9.47 Å². The summed E-state index contributed by atoms with van der Waals surface area (Å²) in [6, 6.07) is 16.0. The Balaban J connectivity index is 1.24. The van der Waals surface area contributed by atoms with E-state index in [-0.39, 0.29) is 24.5 Å². The third kappa shape index (κ3) is 7.09. The highest BCUT2D eigenvalue weighted by Gasteiger charge is 2.48. The van der Waals surface area contributed by atoms with Gasteiger partial charge in [-0.15, -0.1) is 0 Å². The van der Waals surface area contributed by atoms with E-state index in [0.29, 0.717) is 19.7 Å². The standard InChI is InChI=1S/C35H49NO5/c1-25(37)35(2)24-36(34(38)23-40-22-26-10-6-4-7-11-26)21-31(35)29-16-19-32(39-3)33(20-29)41-30-17-14-28(15-18-30)27-12-8-5-9-13-27/h4,6-7,10-11,16,19-20,25,27-28,30-31,37H,5,8-9,12-15,17-18,21-24H2,1-3H3/t25-,28?,30?,31?,35?/m0/s1. The predicted molar refractivity (Wildman–Crippen MR) is 161 cm³/mol. The Kier molecular flexibility index (Phi) is 9.92. The fourth-order valence-electron chi connectivity index (χ4n) is 7.50. The van der Waals surface area contributed by atoms with E-state index in [2.05, 4.69) is 19.1 Å². The minimum absolute atomic E-state index is 0.0258. The Labute approximate surface area is 246 Å². The first-order chi connectivity index (χ1) is 19.9. The molecule has 2 unspecified atom stereocenters. The second kappa shape index (κ2) is 13.6. The van der Waals surface area contributed by atoms with Crippen molar-refractivity contribution in [1.29, 1.82) is 0 Å². The Morgan fingerprint density at radius 3 is 2.37 bits per heavy atom. The first-order valence-corrected chi connectivity index (χ1v) is 15.8. The molecule has 1 N–H and O–H groups in total. The average molecular weight is 564 g/mol. The molecule has 6 heteroatoms. The second-order valence-electron chi connectivity index (χ2n) is 13.0. The monoisotopic (exact) mass is 563 g/mol. The van der Waals surface area contributed by atoms with Crippen molar-refractivity contribution < 1.29 is 24.1 Å². The zero-order valence-corrected chi connectivity index (χ0v) is 25.2. The quantitative estimate of drug-likeness (QED) is 0.347. The van der Waals surface area contributed by atoms with Crippen molar-refractivity contribution in [2.45, 2.75) is 96.4 Å². The van der Waals surface area contributed by atoms with Crippen molar-refractivity contribution in [2.24, 2.45) is 17.3 Å². The summed E-state index contributed by atoms with van der Waals surface area (Å²) >= 11 is 0. The van der Waals surface area contributed by atoms with Gasteiger partial charge in [0.15, 0.2) is 11.5 Å². The Morgan fingerprint density at radius 1 is 0.976 bits per heavy atom. The van der Waals surface area contributed by atoms with Crippen LogP contribution in [0, 0.1) is 17.3 Å². The van der Waals surface area contributed by atoms with Gasteiger partial charge in [-0.25, -0.2) is 0 Å². The smallest absolute Gasteiger partial charge is 0.248 e. The van der Waals surface area contributed by atoms with Crippen molar-refractivity contribution in [3.63, 3.8) is 0 Å². The van der Waals surface area contributed by atoms with Crippen LogP contribution in [0.2, 0.25) is 0 Å². The highest BCUT2D eigenvalue weighted by atomic mass is 16.5. The molecule has 224 valence electrons. The molecule has 1 saturated heterocycles. The molecule has 0 aromatic heterocycles. The zero-order chi connectivity index (χ0) is 28.8. The molecule has 0 spiro atoms. The SMILES string of the molecule is COc1ccc(C2CN(C(=O)COCc3ccccc3)CC2(C)[C@H](C)O)cc1OC1CCC(C2CCCCC2)CC1. The lowest BCUT2D eigenvalue weighted by atomic mass is 9.72. The first-order valence-electron chi connectivity index (χ1n) is 15.8. The van der Waals surface area contributed by atoms with Gasteiger partial charge in [0, 0.05) is 24.4 Å². The van der Waals surface area contributed by atoms with E-state index in [1.54, 1.807) is 7.11 Å². The molecule has 0 bridgehead atoms. The third-order valence-electron chi connectivity index (χ3n) is 10.3. The summed E-state index contributed by atoms with van der Waals surface area (Å²) in [7, 11) is 1.69. The maximum atomic E-state index is 13.2. The number of likely N-dealkylation sites (tertiary alicyclic amines) is 1. The van der Waals surface area contributed by atoms with E-state index >= 15 is 0 Å².